The van der Waals surface area contributed by atoms with Crippen molar-refractivity contribution >= 4 is 5.96 Å². The van der Waals surface area contributed by atoms with Crippen molar-refractivity contribution in [2.45, 2.75) is 26.6 Å². The van der Waals surface area contributed by atoms with E-state index in [1.54, 1.807) is 19.5 Å². The van der Waals surface area contributed by atoms with E-state index in [4.69, 9.17) is 9.47 Å². The standard InChI is InChI=1S/C23H30N6O2/c1-3-24-23(26-16-19-9-10-22(25-15-19)31-14-13-30-2)27-17-20-7-4-5-8-21(20)18-29-12-6-11-28-29/h4-12,15H,3,13-14,16-18H2,1-2H3,(H2,24,26,27). The van der Waals surface area contributed by atoms with Crippen LogP contribution in [-0.2, 0) is 24.4 Å². The fourth-order valence-corrected chi connectivity index (χ4v) is 2.96. The van der Waals surface area contributed by atoms with Gasteiger partial charge in [0.1, 0.15) is 6.61 Å². The molecule has 3 aromatic rings. The third-order valence-corrected chi connectivity index (χ3v) is 4.56. The van der Waals surface area contributed by atoms with Crippen molar-refractivity contribution < 1.29 is 9.47 Å². The van der Waals surface area contributed by atoms with Crippen LogP contribution in [0.15, 0.2) is 66.0 Å². The molecule has 0 aliphatic rings. The van der Waals surface area contributed by atoms with Gasteiger partial charge in [-0.25, -0.2) is 9.98 Å². The Bertz CT molecular complexity index is 926. The van der Waals surface area contributed by atoms with Gasteiger partial charge in [0.25, 0.3) is 0 Å². The minimum atomic E-state index is 0.483. The number of ether oxygens (including phenoxy) is 2. The van der Waals surface area contributed by atoms with Crippen molar-refractivity contribution in [1.82, 2.24) is 25.4 Å². The van der Waals surface area contributed by atoms with Crippen LogP contribution in [0.2, 0.25) is 0 Å². The lowest BCUT2D eigenvalue weighted by molar-refractivity contribution is 0.143. The number of methoxy groups -OCH3 is 1. The molecule has 0 saturated carbocycles. The van der Waals surface area contributed by atoms with E-state index in [1.165, 1.54) is 11.1 Å². The Morgan fingerprint density at radius 3 is 2.65 bits per heavy atom. The van der Waals surface area contributed by atoms with E-state index in [0.717, 1.165) is 24.6 Å². The molecule has 0 spiro atoms. The SMILES string of the molecule is CCNC(=NCc1ccc(OCCOC)nc1)NCc1ccccc1Cn1cccn1. The number of hydrogen-bond donors (Lipinski definition) is 2. The van der Waals surface area contributed by atoms with Gasteiger partial charge in [0.05, 0.1) is 19.7 Å². The lowest BCUT2D eigenvalue weighted by Gasteiger charge is -2.14. The van der Waals surface area contributed by atoms with Crippen LogP contribution in [-0.4, -0.2) is 47.6 Å². The molecule has 2 N–H and O–H groups in total. The zero-order valence-corrected chi connectivity index (χ0v) is 18.1. The summed E-state index contributed by atoms with van der Waals surface area (Å²) in [5.41, 5.74) is 3.45. The van der Waals surface area contributed by atoms with Gasteiger partial charge in [0, 0.05) is 44.9 Å². The Hall–Kier alpha value is -3.39. The number of pyridine rings is 1. The van der Waals surface area contributed by atoms with Crippen LogP contribution in [0.1, 0.15) is 23.6 Å². The second-order valence-electron chi connectivity index (χ2n) is 6.87. The molecule has 8 nitrogen and oxygen atoms in total. The van der Waals surface area contributed by atoms with Crippen LogP contribution in [0, 0.1) is 0 Å². The van der Waals surface area contributed by atoms with Crippen LogP contribution < -0.4 is 15.4 Å². The van der Waals surface area contributed by atoms with Gasteiger partial charge in [-0.15, -0.1) is 0 Å². The number of rotatable bonds is 11. The number of aromatic nitrogens is 3. The van der Waals surface area contributed by atoms with Gasteiger partial charge >= 0.3 is 0 Å². The van der Waals surface area contributed by atoms with E-state index in [0.29, 0.717) is 32.2 Å². The largest absolute Gasteiger partial charge is 0.475 e. The first-order valence-corrected chi connectivity index (χ1v) is 10.4. The molecule has 0 radical (unpaired) electrons. The summed E-state index contributed by atoms with van der Waals surface area (Å²) in [6.07, 6.45) is 5.55. The van der Waals surface area contributed by atoms with Crippen molar-refractivity contribution in [1.29, 1.82) is 0 Å². The number of benzene rings is 1. The Morgan fingerprint density at radius 1 is 1.06 bits per heavy atom. The van der Waals surface area contributed by atoms with Crippen molar-refractivity contribution in [3.63, 3.8) is 0 Å². The van der Waals surface area contributed by atoms with Crippen LogP contribution in [0.4, 0.5) is 0 Å². The fourth-order valence-electron chi connectivity index (χ4n) is 2.96. The van der Waals surface area contributed by atoms with Crippen LogP contribution in [0.3, 0.4) is 0 Å². The van der Waals surface area contributed by atoms with Crippen LogP contribution >= 0.6 is 0 Å². The van der Waals surface area contributed by atoms with Gasteiger partial charge < -0.3 is 20.1 Å². The van der Waals surface area contributed by atoms with Gasteiger partial charge in [-0.2, -0.15) is 5.10 Å². The first kappa shape index (κ1) is 22.3. The topological polar surface area (TPSA) is 85.6 Å². The molecule has 0 atom stereocenters. The van der Waals surface area contributed by atoms with E-state index in [-0.39, 0.29) is 0 Å². The molecule has 0 aliphatic carbocycles. The summed E-state index contributed by atoms with van der Waals surface area (Å²) in [7, 11) is 1.64. The van der Waals surface area contributed by atoms with Gasteiger partial charge in [-0.1, -0.05) is 30.3 Å². The Balaban J connectivity index is 1.58. The zero-order chi connectivity index (χ0) is 21.7. The summed E-state index contributed by atoms with van der Waals surface area (Å²) >= 11 is 0. The molecular formula is C23H30N6O2. The maximum absolute atomic E-state index is 5.50. The molecule has 31 heavy (non-hydrogen) atoms. The van der Waals surface area contributed by atoms with Crippen molar-refractivity contribution in [3.8, 4) is 5.88 Å². The predicted molar refractivity (Wildman–Crippen MR) is 121 cm³/mol. The summed E-state index contributed by atoms with van der Waals surface area (Å²) in [5.74, 6) is 1.35. The normalized spacial score (nSPS) is 11.4. The third-order valence-electron chi connectivity index (χ3n) is 4.56. The minimum absolute atomic E-state index is 0.483. The van der Waals surface area contributed by atoms with E-state index in [1.807, 2.05) is 29.1 Å². The number of guanidine groups is 1. The molecule has 0 fully saturated rings. The maximum Gasteiger partial charge on any atom is 0.213 e. The van der Waals surface area contributed by atoms with Gasteiger partial charge in [0.2, 0.25) is 5.88 Å². The predicted octanol–water partition coefficient (Wildman–Crippen LogP) is 2.61. The van der Waals surface area contributed by atoms with E-state index < -0.39 is 0 Å². The van der Waals surface area contributed by atoms with Gasteiger partial charge in [-0.3, -0.25) is 4.68 Å². The molecular weight excluding hydrogens is 392 g/mol. The summed E-state index contributed by atoms with van der Waals surface area (Å²) in [4.78, 5) is 9.00. The molecule has 2 heterocycles. The Morgan fingerprint density at radius 2 is 1.94 bits per heavy atom. The van der Waals surface area contributed by atoms with E-state index >= 15 is 0 Å². The second-order valence-corrected chi connectivity index (χ2v) is 6.87. The quantitative estimate of drug-likeness (QED) is 0.281. The van der Waals surface area contributed by atoms with Crippen molar-refractivity contribution in [2.24, 2.45) is 4.99 Å². The number of nitrogens with zero attached hydrogens (tertiary/aromatic N) is 4. The summed E-state index contributed by atoms with van der Waals surface area (Å²) < 4.78 is 12.4. The lowest BCUT2D eigenvalue weighted by atomic mass is 10.1. The first-order valence-electron chi connectivity index (χ1n) is 10.4. The smallest absolute Gasteiger partial charge is 0.213 e. The van der Waals surface area contributed by atoms with Crippen molar-refractivity contribution in [2.75, 3.05) is 26.9 Å². The number of hydrogen-bond acceptors (Lipinski definition) is 5. The average molecular weight is 423 g/mol. The molecule has 0 aliphatic heterocycles. The van der Waals surface area contributed by atoms with Crippen LogP contribution in [0.25, 0.3) is 0 Å². The highest BCUT2D eigenvalue weighted by Crippen LogP contribution is 2.11. The summed E-state index contributed by atoms with van der Waals surface area (Å²) in [5, 5.41) is 11.0. The first-order chi connectivity index (χ1) is 15.3. The number of nitrogens with one attached hydrogen (secondary N) is 2. The highest BCUT2D eigenvalue weighted by atomic mass is 16.5. The average Bonchev–Trinajstić information content (AvgIpc) is 3.31. The molecule has 0 bridgehead atoms. The van der Waals surface area contributed by atoms with E-state index in [2.05, 4.69) is 56.9 Å². The minimum Gasteiger partial charge on any atom is -0.475 e. The highest BCUT2D eigenvalue weighted by molar-refractivity contribution is 5.79. The van der Waals surface area contributed by atoms with Crippen LogP contribution in [0.5, 0.6) is 5.88 Å². The summed E-state index contributed by atoms with van der Waals surface area (Å²) in [6.45, 7) is 5.79. The maximum atomic E-state index is 5.50. The molecule has 8 heteroatoms. The molecule has 1 aromatic carbocycles. The third kappa shape index (κ3) is 7.42. The number of aliphatic imine (C=N–C) groups is 1. The van der Waals surface area contributed by atoms with E-state index in [9.17, 15) is 0 Å². The highest BCUT2D eigenvalue weighted by Gasteiger charge is 2.05. The van der Waals surface area contributed by atoms with Crippen molar-refractivity contribution in [3.05, 3.63) is 77.7 Å². The molecule has 0 amide bonds. The van der Waals surface area contributed by atoms with Gasteiger partial charge in [0.15, 0.2) is 5.96 Å². The second kappa shape index (κ2) is 12.3. The lowest BCUT2D eigenvalue weighted by Crippen LogP contribution is -2.37. The fraction of sp³-hybridized carbons (Fsp3) is 0.348. The monoisotopic (exact) mass is 422 g/mol. The molecule has 3 rings (SSSR count). The molecule has 2 aromatic heterocycles. The summed E-state index contributed by atoms with van der Waals surface area (Å²) in [6, 6.07) is 14.1. The Labute approximate surface area is 183 Å². The molecule has 0 saturated heterocycles. The van der Waals surface area contributed by atoms with Gasteiger partial charge in [-0.05, 0) is 29.7 Å². The zero-order valence-electron chi connectivity index (χ0n) is 18.1. The Kier molecular flexibility index (Phi) is 8.88. The molecule has 164 valence electrons. The molecule has 0 unspecified atom stereocenters.